The molecule has 0 aromatic carbocycles. The Labute approximate surface area is 262 Å². The van der Waals surface area contributed by atoms with Crippen LogP contribution in [0.4, 0.5) is 4.79 Å². The number of hydrogen-bond acceptors (Lipinski definition) is 9. The molecule has 10 heteroatoms. The summed E-state index contributed by atoms with van der Waals surface area (Å²) in [6, 6.07) is 0. The summed E-state index contributed by atoms with van der Waals surface area (Å²) < 4.78 is 17.5. The topological polar surface area (TPSA) is 149 Å². The summed E-state index contributed by atoms with van der Waals surface area (Å²) >= 11 is 0. The maximum atomic E-state index is 13.0. The van der Waals surface area contributed by atoms with Crippen LogP contribution in [0.2, 0.25) is 0 Å². The van der Waals surface area contributed by atoms with Gasteiger partial charge in [0.2, 0.25) is 0 Å². The Kier molecular flexibility index (Phi) is 13.5. The second-order valence-corrected chi connectivity index (χ2v) is 13.4. The molecule has 250 valence electrons. The molecular formula is C34H55NO9. The van der Waals surface area contributed by atoms with Gasteiger partial charge < -0.3 is 39.5 Å². The molecule has 3 rings (SSSR count). The van der Waals surface area contributed by atoms with Gasteiger partial charge in [0, 0.05) is 24.9 Å². The van der Waals surface area contributed by atoms with Crippen LogP contribution in [0.1, 0.15) is 86.5 Å². The average molecular weight is 622 g/mol. The molecule has 3 heterocycles. The molecule has 0 aliphatic carbocycles. The molecule has 2 fully saturated rings. The maximum absolute atomic E-state index is 13.0. The highest BCUT2D eigenvalue weighted by atomic mass is 16.6. The summed E-state index contributed by atoms with van der Waals surface area (Å²) in [5.74, 6) is -0.500. The number of cyclic esters (lactones) is 1. The van der Waals surface area contributed by atoms with Crippen molar-refractivity contribution in [2.45, 2.75) is 135 Å². The number of ether oxygens (including phenoxy) is 3. The van der Waals surface area contributed by atoms with E-state index in [4.69, 9.17) is 14.2 Å². The van der Waals surface area contributed by atoms with Crippen LogP contribution in [-0.4, -0.2) is 98.8 Å². The fourth-order valence-electron chi connectivity index (χ4n) is 6.02. The second-order valence-electron chi connectivity index (χ2n) is 13.4. The van der Waals surface area contributed by atoms with E-state index in [1.807, 2.05) is 39.8 Å². The van der Waals surface area contributed by atoms with Gasteiger partial charge in [-0.15, -0.1) is 0 Å². The van der Waals surface area contributed by atoms with Crippen molar-refractivity contribution in [2.75, 3.05) is 13.1 Å². The van der Waals surface area contributed by atoms with Gasteiger partial charge in [-0.1, -0.05) is 52.0 Å². The highest BCUT2D eigenvalue weighted by molar-refractivity contribution is 5.70. The minimum absolute atomic E-state index is 0.0910. The Morgan fingerprint density at radius 2 is 1.86 bits per heavy atom. The number of piperidine rings is 1. The summed E-state index contributed by atoms with van der Waals surface area (Å²) in [5, 5.41) is 41.8. The zero-order valence-electron chi connectivity index (χ0n) is 27.3. The van der Waals surface area contributed by atoms with Crippen LogP contribution in [0, 0.1) is 17.8 Å². The molecule has 0 radical (unpaired) electrons. The summed E-state index contributed by atoms with van der Waals surface area (Å²) in [4.78, 5) is 27.3. The van der Waals surface area contributed by atoms with E-state index < -0.39 is 42.1 Å². The average Bonchev–Trinajstić information content (AvgIpc) is 3.74. The van der Waals surface area contributed by atoms with Gasteiger partial charge >= 0.3 is 12.1 Å². The van der Waals surface area contributed by atoms with Crippen molar-refractivity contribution < 1.29 is 44.2 Å². The molecule has 0 bridgehead atoms. The number of allylic oxidation sites excluding steroid dienone is 3. The smallest absolute Gasteiger partial charge is 0.410 e. The molecule has 2 saturated heterocycles. The van der Waals surface area contributed by atoms with Crippen molar-refractivity contribution in [2.24, 2.45) is 17.8 Å². The summed E-state index contributed by atoms with van der Waals surface area (Å²) in [7, 11) is 0. The molecule has 1 amide bonds. The van der Waals surface area contributed by atoms with Crippen molar-refractivity contribution in [3.05, 3.63) is 36.0 Å². The molecule has 0 aromatic rings. The van der Waals surface area contributed by atoms with Crippen LogP contribution in [0.5, 0.6) is 0 Å². The van der Waals surface area contributed by atoms with Crippen molar-refractivity contribution in [3.8, 4) is 0 Å². The number of aliphatic hydroxyl groups is 4. The molecule has 0 saturated carbocycles. The van der Waals surface area contributed by atoms with E-state index in [0.717, 1.165) is 12.0 Å². The first-order valence-corrected chi connectivity index (χ1v) is 16.3. The number of rotatable bonds is 9. The number of esters is 1. The predicted molar refractivity (Wildman–Crippen MR) is 167 cm³/mol. The lowest BCUT2D eigenvalue weighted by atomic mass is 9.88. The number of nitrogens with zero attached hydrogens (tertiary/aromatic N) is 1. The second kappa shape index (κ2) is 16.4. The maximum Gasteiger partial charge on any atom is 0.410 e. The van der Waals surface area contributed by atoms with Crippen LogP contribution in [0.3, 0.4) is 0 Å². The summed E-state index contributed by atoms with van der Waals surface area (Å²) in [5.41, 5.74) is -0.681. The first-order chi connectivity index (χ1) is 20.7. The molecule has 10 atom stereocenters. The number of carbonyl (C=O) groups is 2. The number of hydrogen-bond donors (Lipinski definition) is 4. The number of likely N-dealkylation sites (tertiary alicyclic amines) is 1. The lowest BCUT2D eigenvalue weighted by molar-refractivity contribution is -0.151. The SMILES string of the molecule is CCC(O)C(C)C1OC1CC(C)/C=C/C=C(\C)C1OC(=O)CC(O)CCC(C)(O)C(OC(=O)N2CCC(O)CC2)/C=C/C1C. The van der Waals surface area contributed by atoms with Gasteiger partial charge in [0.1, 0.15) is 11.7 Å². The number of amides is 1. The summed E-state index contributed by atoms with van der Waals surface area (Å²) in [6.07, 6.45) is 8.11. The van der Waals surface area contributed by atoms with Gasteiger partial charge in [-0.3, -0.25) is 4.79 Å². The van der Waals surface area contributed by atoms with Crippen LogP contribution >= 0.6 is 0 Å². The molecule has 44 heavy (non-hydrogen) atoms. The summed E-state index contributed by atoms with van der Waals surface area (Å²) in [6.45, 7) is 12.2. The minimum atomic E-state index is -1.48. The Bertz CT molecular complexity index is 1030. The quantitative estimate of drug-likeness (QED) is 0.129. The van der Waals surface area contributed by atoms with E-state index in [9.17, 15) is 30.0 Å². The van der Waals surface area contributed by atoms with Crippen molar-refractivity contribution in [3.63, 3.8) is 0 Å². The van der Waals surface area contributed by atoms with E-state index in [1.165, 1.54) is 4.90 Å². The molecular weight excluding hydrogens is 566 g/mol. The first kappa shape index (κ1) is 36.2. The Morgan fingerprint density at radius 1 is 1.18 bits per heavy atom. The number of epoxide rings is 1. The Morgan fingerprint density at radius 3 is 2.52 bits per heavy atom. The molecule has 0 spiro atoms. The molecule has 10 unspecified atom stereocenters. The van der Waals surface area contributed by atoms with Gasteiger partial charge in [0.05, 0.1) is 36.9 Å². The zero-order chi connectivity index (χ0) is 32.6. The van der Waals surface area contributed by atoms with Crippen molar-refractivity contribution >= 4 is 12.1 Å². The third kappa shape index (κ3) is 10.7. The normalized spacial score (nSPS) is 35.6. The lowest BCUT2D eigenvalue weighted by Gasteiger charge is -2.35. The third-order valence-corrected chi connectivity index (χ3v) is 9.29. The first-order valence-electron chi connectivity index (χ1n) is 16.3. The van der Waals surface area contributed by atoms with Crippen LogP contribution < -0.4 is 0 Å². The number of aliphatic hydroxyl groups excluding tert-OH is 3. The Hall–Kier alpha value is -2.24. The highest BCUT2D eigenvalue weighted by Crippen LogP contribution is 2.36. The van der Waals surface area contributed by atoms with E-state index >= 15 is 0 Å². The van der Waals surface area contributed by atoms with E-state index in [2.05, 4.69) is 13.0 Å². The molecule has 3 aliphatic rings. The minimum Gasteiger partial charge on any atom is -0.457 e. The highest BCUT2D eigenvalue weighted by Gasteiger charge is 2.45. The Balaban J connectivity index is 1.71. The molecule has 0 aromatic heterocycles. The predicted octanol–water partition coefficient (Wildman–Crippen LogP) is 4.05. The van der Waals surface area contributed by atoms with Gasteiger partial charge in [0.15, 0.2) is 6.10 Å². The van der Waals surface area contributed by atoms with Crippen molar-refractivity contribution in [1.29, 1.82) is 0 Å². The third-order valence-electron chi connectivity index (χ3n) is 9.29. The lowest BCUT2D eigenvalue weighted by Crippen LogP contribution is -2.47. The fraction of sp³-hybridized carbons (Fsp3) is 0.765. The zero-order valence-corrected chi connectivity index (χ0v) is 27.3. The molecule has 4 N–H and O–H groups in total. The van der Waals surface area contributed by atoms with E-state index in [0.29, 0.717) is 32.4 Å². The van der Waals surface area contributed by atoms with E-state index in [-0.39, 0.29) is 55.3 Å². The van der Waals surface area contributed by atoms with Crippen molar-refractivity contribution in [1.82, 2.24) is 4.90 Å². The standard InChI is InChI=1S/C34H55NO9/c1-7-27(38)24(5)32-28(42-32)19-21(2)9-8-10-22(3)31-23(4)11-12-29(43-33(40)35-17-14-25(36)15-18-35)34(6,41)16-13-26(37)20-30(39)44-31/h8-12,21,23-29,31-32,36-38,41H,7,13-20H2,1-6H3/b9-8+,12-11+,22-10+. The van der Waals surface area contributed by atoms with Crippen LogP contribution in [-0.2, 0) is 19.0 Å². The molecule has 3 aliphatic heterocycles. The monoisotopic (exact) mass is 621 g/mol. The number of carbonyl (C=O) groups excluding carboxylic acids is 2. The van der Waals surface area contributed by atoms with Gasteiger partial charge in [-0.25, -0.2) is 4.79 Å². The largest absolute Gasteiger partial charge is 0.457 e. The van der Waals surface area contributed by atoms with Gasteiger partial charge in [-0.2, -0.15) is 0 Å². The van der Waals surface area contributed by atoms with Gasteiger partial charge in [0.25, 0.3) is 0 Å². The van der Waals surface area contributed by atoms with E-state index in [1.54, 1.807) is 19.1 Å². The molecule has 10 nitrogen and oxygen atoms in total. The fourth-order valence-corrected chi connectivity index (χ4v) is 6.02. The van der Waals surface area contributed by atoms with Gasteiger partial charge in [-0.05, 0) is 69.9 Å². The van der Waals surface area contributed by atoms with Crippen LogP contribution in [0.25, 0.3) is 0 Å². The van der Waals surface area contributed by atoms with Crippen LogP contribution in [0.15, 0.2) is 36.0 Å².